The van der Waals surface area contributed by atoms with Crippen molar-refractivity contribution in [3.05, 3.63) is 75.4 Å². The number of fused-ring (bicyclic) bond motifs is 2. The van der Waals surface area contributed by atoms with Crippen LogP contribution >= 0.6 is 0 Å². The summed E-state index contributed by atoms with van der Waals surface area (Å²) >= 11 is 0. The molecular formula is C21H18N4O4. The molecule has 0 unspecified atom stereocenters. The van der Waals surface area contributed by atoms with Crippen molar-refractivity contribution in [2.24, 2.45) is 0 Å². The Hall–Kier alpha value is -3.94. The van der Waals surface area contributed by atoms with Gasteiger partial charge >= 0.3 is 0 Å². The van der Waals surface area contributed by atoms with Crippen LogP contribution in [0.2, 0.25) is 0 Å². The largest absolute Gasteiger partial charge is 0.464 e. The number of aromatic nitrogens is 2. The van der Waals surface area contributed by atoms with Crippen molar-refractivity contribution in [3.63, 3.8) is 0 Å². The van der Waals surface area contributed by atoms with E-state index in [9.17, 15) is 14.4 Å². The number of rotatable bonds is 3. The maximum Gasteiger partial charge on any atom is 0.290 e. The van der Waals surface area contributed by atoms with E-state index in [1.54, 1.807) is 30.5 Å². The molecule has 4 rings (SSSR count). The fraction of sp³-hybridized carbons (Fsp3) is 0.143. The topological polar surface area (TPSA) is 117 Å². The van der Waals surface area contributed by atoms with E-state index in [0.717, 1.165) is 22.1 Å². The van der Waals surface area contributed by atoms with Crippen LogP contribution in [0.5, 0.6) is 0 Å². The van der Waals surface area contributed by atoms with Crippen molar-refractivity contribution in [2.45, 2.75) is 20.3 Å². The van der Waals surface area contributed by atoms with E-state index in [1.807, 2.05) is 26.0 Å². The fourth-order valence-corrected chi connectivity index (χ4v) is 3.16. The highest BCUT2D eigenvalue weighted by Crippen LogP contribution is 2.25. The fourth-order valence-electron chi connectivity index (χ4n) is 3.16. The first kappa shape index (κ1) is 18.4. The normalized spacial score (nSPS) is 11.0. The minimum atomic E-state index is -0.630. The lowest BCUT2D eigenvalue weighted by atomic mass is 10.0. The lowest BCUT2D eigenvalue weighted by Crippen LogP contribution is -2.43. The van der Waals surface area contributed by atoms with Gasteiger partial charge in [-0.1, -0.05) is 18.2 Å². The highest BCUT2D eigenvalue weighted by Gasteiger charge is 2.16. The standard InChI is InChI=1S/C21H18N4O4/c1-11-7-16-13(10-29-17(16)8-12(11)2)9-18(26)22-25-21(28)19-14-5-3-4-6-15(14)20(27)24-23-19/h3-8,10H,9H2,1-2H3,(H,22,26)(H,24,27)(H,25,28). The maximum atomic E-state index is 12.4. The summed E-state index contributed by atoms with van der Waals surface area (Å²) in [4.78, 5) is 36.6. The first-order valence-corrected chi connectivity index (χ1v) is 8.98. The van der Waals surface area contributed by atoms with E-state index >= 15 is 0 Å². The van der Waals surface area contributed by atoms with Crippen LogP contribution in [-0.2, 0) is 11.2 Å². The summed E-state index contributed by atoms with van der Waals surface area (Å²) in [6, 6.07) is 10.5. The lowest BCUT2D eigenvalue weighted by molar-refractivity contribution is -0.121. The average Bonchev–Trinajstić information content (AvgIpc) is 3.08. The number of amides is 2. The zero-order chi connectivity index (χ0) is 20.5. The van der Waals surface area contributed by atoms with E-state index in [4.69, 9.17) is 4.42 Å². The molecule has 0 saturated carbocycles. The molecule has 2 amide bonds. The number of hydrazine groups is 1. The molecule has 0 aliphatic carbocycles. The molecule has 0 bridgehead atoms. The Morgan fingerprint density at radius 2 is 1.76 bits per heavy atom. The predicted octanol–water partition coefficient (Wildman–Crippen LogP) is 2.29. The van der Waals surface area contributed by atoms with Gasteiger partial charge in [0.25, 0.3) is 11.5 Å². The van der Waals surface area contributed by atoms with Crippen molar-refractivity contribution in [1.82, 2.24) is 21.0 Å². The van der Waals surface area contributed by atoms with E-state index in [1.165, 1.54) is 0 Å². The molecule has 0 aliphatic rings. The Bertz CT molecular complexity index is 1320. The number of benzene rings is 2. The molecule has 0 radical (unpaired) electrons. The molecule has 0 spiro atoms. The van der Waals surface area contributed by atoms with Gasteiger partial charge in [0.15, 0.2) is 5.69 Å². The van der Waals surface area contributed by atoms with Crippen LogP contribution in [0.25, 0.3) is 21.7 Å². The highest BCUT2D eigenvalue weighted by molar-refractivity contribution is 6.05. The Balaban J connectivity index is 1.48. The predicted molar refractivity (Wildman–Crippen MR) is 107 cm³/mol. The first-order chi connectivity index (χ1) is 13.9. The second kappa shape index (κ2) is 7.23. The van der Waals surface area contributed by atoms with Crippen LogP contribution in [0.15, 0.2) is 51.9 Å². The molecule has 0 saturated heterocycles. The molecule has 8 nitrogen and oxygen atoms in total. The SMILES string of the molecule is Cc1cc2occ(CC(=O)NNC(=O)c3n[nH]c(=O)c4ccccc34)c2cc1C. The van der Waals surface area contributed by atoms with Gasteiger partial charge in [-0.2, -0.15) is 5.10 Å². The molecule has 29 heavy (non-hydrogen) atoms. The summed E-state index contributed by atoms with van der Waals surface area (Å²) in [5.74, 6) is -1.04. The molecule has 0 fully saturated rings. The van der Waals surface area contributed by atoms with Gasteiger partial charge < -0.3 is 4.42 Å². The zero-order valence-corrected chi connectivity index (χ0v) is 15.8. The monoisotopic (exact) mass is 390 g/mol. The lowest BCUT2D eigenvalue weighted by Gasteiger charge is -2.08. The summed E-state index contributed by atoms with van der Waals surface area (Å²) < 4.78 is 5.53. The number of aryl methyl sites for hydroxylation is 2. The molecular weight excluding hydrogens is 372 g/mol. The Labute approximate surface area is 164 Å². The molecule has 2 heterocycles. The van der Waals surface area contributed by atoms with E-state index in [2.05, 4.69) is 21.0 Å². The van der Waals surface area contributed by atoms with Crippen molar-refractivity contribution in [2.75, 3.05) is 0 Å². The van der Waals surface area contributed by atoms with Crippen LogP contribution in [0.4, 0.5) is 0 Å². The van der Waals surface area contributed by atoms with E-state index in [-0.39, 0.29) is 12.1 Å². The van der Waals surface area contributed by atoms with Gasteiger partial charge in [-0.3, -0.25) is 25.2 Å². The number of H-pyrrole nitrogens is 1. The minimum absolute atomic E-state index is 0.0142. The first-order valence-electron chi connectivity index (χ1n) is 8.98. The van der Waals surface area contributed by atoms with Crippen molar-refractivity contribution >= 4 is 33.6 Å². The second-order valence-electron chi connectivity index (χ2n) is 6.82. The van der Waals surface area contributed by atoms with Crippen LogP contribution in [0.3, 0.4) is 0 Å². The second-order valence-corrected chi connectivity index (χ2v) is 6.82. The van der Waals surface area contributed by atoms with Gasteiger partial charge in [0, 0.05) is 16.3 Å². The Morgan fingerprint density at radius 3 is 2.55 bits per heavy atom. The zero-order valence-electron chi connectivity index (χ0n) is 15.8. The maximum absolute atomic E-state index is 12.4. The van der Waals surface area contributed by atoms with Crippen molar-refractivity contribution in [1.29, 1.82) is 0 Å². The molecule has 146 valence electrons. The van der Waals surface area contributed by atoms with Crippen molar-refractivity contribution in [3.8, 4) is 0 Å². The highest BCUT2D eigenvalue weighted by atomic mass is 16.3. The van der Waals surface area contributed by atoms with Crippen LogP contribution in [-0.4, -0.2) is 22.0 Å². The van der Waals surface area contributed by atoms with Crippen LogP contribution in [0.1, 0.15) is 27.2 Å². The van der Waals surface area contributed by atoms with Gasteiger partial charge in [0.2, 0.25) is 5.91 Å². The molecule has 8 heteroatoms. The number of nitrogens with one attached hydrogen (secondary N) is 3. The summed E-state index contributed by atoms with van der Waals surface area (Å²) in [6.45, 7) is 3.99. The number of carbonyl (C=O) groups excluding carboxylic acids is 2. The average molecular weight is 390 g/mol. The number of nitrogens with zero attached hydrogens (tertiary/aromatic N) is 1. The third kappa shape index (κ3) is 3.47. The Kier molecular flexibility index (Phi) is 4.59. The molecule has 4 aromatic rings. The number of hydrogen-bond acceptors (Lipinski definition) is 5. The van der Waals surface area contributed by atoms with Crippen LogP contribution in [0, 0.1) is 13.8 Å². The minimum Gasteiger partial charge on any atom is -0.464 e. The summed E-state index contributed by atoms with van der Waals surface area (Å²) in [6.07, 6.45) is 1.58. The number of carbonyl (C=O) groups is 2. The molecule has 2 aromatic heterocycles. The van der Waals surface area contributed by atoms with Gasteiger partial charge in [0.1, 0.15) is 5.58 Å². The van der Waals surface area contributed by atoms with E-state index in [0.29, 0.717) is 16.4 Å². The van der Waals surface area contributed by atoms with Gasteiger partial charge in [0.05, 0.1) is 18.1 Å². The number of aromatic amines is 1. The summed E-state index contributed by atoms with van der Waals surface area (Å²) in [5.41, 5.74) is 7.98. The van der Waals surface area contributed by atoms with Crippen LogP contribution < -0.4 is 16.4 Å². The summed E-state index contributed by atoms with van der Waals surface area (Å²) in [7, 11) is 0. The number of furan rings is 1. The Morgan fingerprint density at radius 1 is 1.03 bits per heavy atom. The molecule has 3 N–H and O–H groups in total. The van der Waals surface area contributed by atoms with Gasteiger partial charge in [-0.05, 0) is 43.2 Å². The summed E-state index contributed by atoms with van der Waals surface area (Å²) in [5, 5.41) is 7.69. The molecule has 2 aromatic carbocycles. The smallest absolute Gasteiger partial charge is 0.290 e. The van der Waals surface area contributed by atoms with Gasteiger partial charge in [-0.25, -0.2) is 5.10 Å². The third-order valence-corrected chi connectivity index (χ3v) is 4.85. The number of hydrogen-bond donors (Lipinski definition) is 3. The molecule has 0 atom stereocenters. The quantitative estimate of drug-likeness (QED) is 0.464. The van der Waals surface area contributed by atoms with E-state index < -0.39 is 17.4 Å². The third-order valence-electron chi connectivity index (χ3n) is 4.85. The van der Waals surface area contributed by atoms with Gasteiger partial charge in [-0.15, -0.1) is 0 Å². The van der Waals surface area contributed by atoms with Crippen molar-refractivity contribution < 1.29 is 14.0 Å². The molecule has 0 aliphatic heterocycles.